The highest BCUT2D eigenvalue weighted by Gasteiger charge is 2.56. The molecule has 1 rings (SSSR count). The van der Waals surface area contributed by atoms with E-state index in [1.54, 1.807) is 13.8 Å². The highest BCUT2D eigenvalue weighted by atomic mass is 32.2. The Balaban J connectivity index is 2.63. The Morgan fingerprint density at radius 3 is 2.00 bits per heavy atom. The van der Waals surface area contributed by atoms with Crippen molar-refractivity contribution in [1.82, 2.24) is 0 Å². The van der Waals surface area contributed by atoms with Crippen LogP contribution in [0.2, 0.25) is 0 Å². The SMILES string of the molecule is CC(C)(N)COCC(C)(C)S(=O)(=O)C1(C)CC1. The number of nitrogens with two attached hydrogens (primary N) is 1. The Morgan fingerprint density at radius 2 is 1.65 bits per heavy atom. The van der Waals surface area contributed by atoms with Gasteiger partial charge in [-0.25, -0.2) is 8.42 Å². The van der Waals surface area contributed by atoms with Gasteiger partial charge in [-0.05, 0) is 47.5 Å². The Kier molecular flexibility index (Phi) is 3.70. The molecule has 17 heavy (non-hydrogen) atoms. The van der Waals surface area contributed by atoms with Crippen molar-refractivity contribution < 1.29 is 13.2 Å². The molecule has 0 unspecified atom stereocenters. The minimum absolute atomic E-state index is 0.200. The van der Waals surface area contributed by atoms with Crippen LogP contribution in [0.5, 0.6) is 0 Å². The lowest BCUT2D eigenvalue weighted by atomic mass is 10.1. The van der Waals surface area contributed by atoms with E-state index in [0.29, 0.717) is 6.61 Å². The smallest absolute Gasteiger partial charge is 0.163 e. The van der Waals surface area contributed by atoms with Gasteiger partial charge < -0.3 is 10.5 Å². The molecule has 1 aliphatic carbocycles. The predicted molar refractivity (Wildman–Crippen MR) is 69.7 cm³/mol. The molecule has 0 amide bonds. The zero-order valence-electron chi connectivity index (χ0n) is 11.5. The maximum atomic E-state index is 12.4. The predicted octanol–water partition coefficient (Wildman–Crippen LogP) is 1.49. The summed E-state index contributed by atoms with van der Waals surface area (Å²) in [7, 11) is -3.15. The van der Waals surface area contributed by atoms with E-state index < -0.39 is 24.9 Å². The van der Waals surface area contributed by atoms with Crippen molar-refractivity contribution in [2.75, 3.05) is 13.2 Å². The molecule has 0 aromatic rings. The van der Waals surface area contributed by atoms with Crippen molar-refractivity contribution in [1.29, 1.82) is 0 Å². The molecular formula is C12H25NO3S. The zero-order chi connectivity index (χ0) is 13.5. The first kappa shape index (κ1) is 14.9. The Hall–Kier alpha value is -0.130. The van der Waals surface area contributed by atoms with Crippen LogP contribution in [0.15, 0.2) is 0 Å². The number of rotatable bonds is 6. The molecule has 0 spiro atoms. The van der Waals surface area contributed by atoms with Gasteiger partial charge in [-0.3, -0.25) is 0 Å². The van der Waals surface area contributed by atoms with Crippen LogP contribution in [-0.4, -0.2) is 36.7 Å². The van der Waals surface area contributed by atoms with Crippen LogP contribution in [0.1, 0.15) is 47.5 Å². The van der Waals surface area contributed by atoms with Gasteiger partial charge in [0.25, 0.3) is 0 Å². The van der Waals surface area contributed by atoms with E-state index >= 15 is 0 Å². The fourth-order valence-corrected chi connectivity index (χ4v) is 3.96. The van der Waals surface area contributed by atoms with Gasteiger partial charge in [0, 0.05) is 5.54 Å². The number of hydrogen-bond donors (Lipinski definition) is 1. The summed E-state index contributed by atoms with van der Waals surface area (Å²) in [5, 5.41) is 0. The molecule has 102 valence electrons. The van der Waals surface area contributed by atoms with Gasteiger partial charge in [-0.15, -0.1) is 0 Å². The first-order valence-corrected chi connectivity index (χ1v) is 7.50. The summed E-state index contributed by atoms with van der Waals surface area (Å²) in [5.41, 5.74) is 5.37. The maximum absolute atomic E-state index is 12.4. The fraction of sp³-hybridized carbons (Fsp3) is 1.00. The van der Waals surface area contributed by atoms with Crippen LogP contribution in [0.4, 0.5) is 0 Å². The fourth-order valence-electron chi connectivity index (χ4n) is 1.75. The van der Waals surface area contributed by atoms with E-state index in [0.717, 1.165) is 12.8 Å². The summed E-state index contributed by atoms with van der Waals surface area (Å²) < 4.78 is 28.9. The largest absolute Gasteiger partial charge is 0.378 e. The maximum Gasteiger partial charge on any atom is 0.163 e. The highest BCUT2D eigenvalue weighted by molar-refractivity contribution is 7.94. The molecule has 0 bridgehead atoms. The third kappa shape index (κ3) is 3.20. The molecule has 1 saturated carbocycles. The molecule has 5 heteroatoms. The van der Waals surface area contributed by atoms with Crippen LogP contribution in [0.3, 0.4) is 0 Å². The third-order valence-corrected chi connectivity index (χ3v) is 6.53. The van der Waals surface area contributed by atoms with Crippen molar-refractivity contribution in [3.8, 4) is 0 Å². The van der Waals surface area contributed by atoms with Gasteiger partial charge >= 0.3 is 0 Å². The van der Waals surface area contributed by atoms with Gasteiger partial charge in [0.15, 0.2) is 9.84 Å². The summed E-state index contributed by atoms with van der Waals surface area (Å²) in [6.45, 7) is 9.56. The molecule has 1 aliphatic rings. The highest BCUT2D eigenvalue weighted by Crippen LogP contribution is 2.47. The van der Waals surface area contributed by atoms with E-state index in [9.17, 15) is 8.42 Å². The molecule has 0 aromatic heterocycles. The van der Waals surface area contributed by atoms with Gasteiger partial charge in [0.2, 0.25) is 0 Å². The lowest BCUT2D eigenvalue weighted by Gasteiger charge is -2.29. The minimum Gasteiger partial charge on any atom is -0.378 e. The van der Waals surface area contributed by atoms with Gasteiger partial charge in [-0.1, -0.05) is 0 Å². The lowest BCUT2D eigenvalue weighted by Crippen LogP contribution is -2.45. The van der Waals surface area contributed by atoms with Crippen LogP contribution < -0.4 is 5.73 Å². The summed E-state index contributed by atoms with van der Waals surface area (Å²) in [4.78, 5) is 0. The average Bonchev–Trinajstić information content (AvgIpc) is 2.81. The van der Waals surface area contributed by atoms with E-state index in [1.165, 1.54) is 0 Å². The normalized spacial score (nSPS) is 20.4. The zero-order valence-corrected chi connectivity index (χ0v) is 12.4. The second kappa shape index (κ2) is 4.21. The number of sulfone groups is 1. The second-order valence-electron chi connectivity index (χ2n) is 6.69. The van der Waals surface area contributed by atoms with Gasteiger partial charge in [0.1, 0.15) is 0 Å². The van der Waals surface area contributed by atoms with Crippen molar-refractivity contribution in [2.24, 2.45) is 5.73 Å². The van der Waals surface area contributed by atoms with Crippen molar-refractivity contribution in [3.05, 3.63) is 0 Å². The Morgan fingerprint density at radius 1 is 1.18 bits per heavy atom. The molecule has 0 aromatic carbocycles. The van der Waals surface area contributed by atoms with E-state index in [2.05, 4.69) is 0 Å². The quantitative estimate of drug-likeness (QED) is 0.788. The molecule has 0 saturated heterocycles. The molecule has 4 nitrogen and oxygen atoms in total. The first-order valence-electron chi connectivity index (χ1n) is 6.02. The van der Waals surface area contributed by atoms with Crippen molar-refractivity contribution >= 4 is 9.84 Å². The molecule has 0 heterocycles. The topological polar surface area (TPSA) is 69.4 Å². The molecule has 1 fully saturated rings. The van der Waals surface area contributed by atoms with Gasteiger partial charge in [-0.2, -0.15) is 0 Å². The van der Waals surface area contributed by atoms with Crippen LogP contribution >= 0.6 is 0 Å². The Bertz CT molecular complexity index is 375. The second-order valence-corrected chi connectivity index (χ2v) is 9.79. The standard InChI is InChI=1S/C12H25NO3S/c1-10(2,13)8-16-9-11(3,4)17(14,15)12(5)6-7-12/h6-9,13H2,1-5H3. The summed E-state index contributed by atoms with van der Waals surface area (Å²) >= 11 is 0. The average molecular weight is 263 g/mol. The monoisotopic (exact) mass is 263 g/mol. The molecular weight excluding hydrogens is 238 g/mol. The van der Waals surface area contributed by atoms with Crippen LogP contribution in [-0.2, 0) is 14.6 Å². The molecule has 0 aliphatic heterocycles. The lowest BCUT2D eigenvalue weighted by molar-refractivity contribution is 0.0834. The molecule has 2 N–H and O–H groups in total. The summed E-state index contributed by atoms with van der Waals surface area (Å²) in [5.74, 6) is 0. The van der Waals surface area contributed by atoms with Crippen molar-refractivity contribution in [2.45, 2.75) is 62.5 Å². The summed E-state index contributed by atoms with van der Waals surface area (Å²) in [6, 6.07) is 0. The van der Waals surface area contributed by atoms with Gasteiger partial charge in [0.05, 0.1) is 22.7 Å². The molecule has 0 atom stereocenters. The molecule has 0 radical (unpaired) electrons. The van der Waals surface area contributed by atoms with E-state index in [-0.39, 0.29) is 6.61 Å². The van der Waals surface area contributed by atoms with E-state index in [1.807, 2.05) is 20.8 Å². The first-order chi connectivity index (χ1) is 7.41. The minimum atomic E-state index is -3.15. The number of hydrogen-bond acceptors (Lipinski definition) is 4. The van der Waals surface area contributed by atoms with Crippen LogP contribution in [0, 0.1) is 0 Å². The third-order valence-electron chi connectivity index (χ3n) is 3.25. The van der Waals surface area contributed by atoms with E-state index in [4.69, 9.17) is 10.5 Å². The Labute approximate surface area is 105 Å². The van der Waals surface area contributed by atoms with Crippen molar-refractivity contribution in [3.63, 3.8) is 0 Å². The number of ether oxygens (including phenoxy) is 1. The summed E-state index contributed by atoms with van der Waals surface area (Å²) in [6.07, 6.45) is 1.53. The van der Waals surface area contributed by atoms with Crippen LogP contribution in [0.25, 0.3) is 0 Å².